The van der Waals surface area contributed by atoms with Crippen LogP contribution in [-0.2, 0) is 9.47 Å². The van der Waals surface area contributed by atoms with E-state index >= 15 is 0 Å². The minimum atomic E-state index is 0. The molecule has 0 amide bonds. The fraction of sp³-hybridized carbons (Fsp3) is 0.923. The predicted molar refractivity (Wildman–Crippen MR) is 89.2 cm³/mol. The van der Waals surface area contributed by atoms with Crippen molar-refractivity contribution in [3.8, 4) is 0 Å². The summed E-state index contributed by atoms with van der Waals surface area (Å²) in [5, 5.41) is 0. The van der Waals surface area contributed by atoms with Gasteiger partial charge in [0.05, 0.1) is 13.2 Å². The second kappa shape index (κ2) is 11.7. The summed E-state index contributed by atoms with van der Waals surface area (Å²) in [5.74, 6) is 1.52. The molecule has 0 atom stereocenters. The highest BCUT2D eigenvalue weighted by Gasteiger charge is 2.16. The van der Waals surface area contributed by atoms with Crippen molar-refractivity contribution >= 4 is 29.9 Å². The molecule has 1 rings (SSSR count). The molecule has 1 aliphatic rings. The van der Waals surface area contributed by atoms with Crippen LogP contribution in [0.2, 0.25) is 0 Å². The molecule has 1 heterocycles. The third-order valence-corrected chi connectivity index (χ3v) is 3.26. The van der Waals surface area contributed by atoms with Gasteiger partial charge in [0.25, 0.3) is 0 Å². The van der Waals surface area contributed by atoms with E-state index in [1.54, 1.807) is 7.11 Å². The highest BCUT2D eigenvalue weighted by molar-refractivity contribution is 14.0. The average Bonchev–Trinajstić information content (AvgIpc) is 2.38. The molecular formula is C13H28IN3O2. The van der Waals surface area contributed by atoms with Crippen LogP contribution in [0.5, 0.6) is 0 Å². The van der Waals surface area contributed by atoms with Gasteiger partial charge < -0.3 is 20.1 Å². The van der Waals surface area contributed by atoms with Crippen molar-refractivity contribution in [1.29, 1.82) is 0 Å². The van der Waals surface area contributed by atoms with E-state index in [0.29, 0.717) is 19.2 Å². The first-order chi connectivity index (χ1) is 8.74. The van der Waals surface area contributed by atoms with Crippen molar-refractivity contribution in [3.63, 3.8) is 0 Å². The Hall–Kier alpha value is -0.0800. The molecule has 0 unspecified atom stereocenters. The third kappa shape index (κ3) is 8.65. The topological polar surface area (TPSA) is 60.1 Å². The molecule has 1 fully saturated rings. The molecule has 0 bridgehead atoms. The zero-order valence-electron chi connectivity index (χ0n) is 12.1. The second-order valence-corrected chi connectivity index (χ2v) is 4.87. The number of ether oxygens (including phenoxy) is 2. The molecule has 0 radical (unpaired) electrons. The lowest BCUT2D eigenvalue weighted by molar-refractivity contribution is 0.0702. The van der Waals surface area contributed by atoms with Crippen molar-refractivity contribution in [2.24, 2.45) is 16.6 Å². The number of nitrogens with zero attached hydrogens (tertiary/aromatic N) is 2. The molecule has 0 aromatic rings. The Balaban J connectivity index is 0.00000324. The summed E-state index contributed by atoms with van der Waals surface area (Å²) in [6, 6.07) is 0. The van der Waals surface area contributed by atoms with Gasteiger partial charge in [-0.3, -0.25) is 4.99 Å². The van der Waals surface area contributed by atoms with Gasteiger partial charge in [-0.25, -0.2) is 0 Å². The maximum atomic E-state index is 5.97. The first kappa shape index (κ1) is 18.9. The Bertz CT molecular complexity index is 244. The maximum Gasteiger partial charge on any atom is 0.191 e. The van der Waals surface area contributed by atoms with E-state index in [2.05, 4.69) is 16.8 Å². The second-order valence-electron chi connectivity index (χ2n) is 4.87. The summed E-state index contributed by atoms with van der Waals surface area (Å²) < 4.78 is 10.3. The summed E-state index contributed by atoms with van der Waals surface area (Å²) in [6.07, 6.45) is 3.35. The molecule has 2 N–H and O–H groups in total. The van der Waals surface area contributed by atoms with Crippen LogP contribution < -0.4 is 5.73 Å². The monoisotopic (exact) mass is 385 g/mol. The van der Waals surface area contributed by atoms with Crippen LogP contribution in [0.3, 0.4) is 0 Å². The Morgan fingerprint density at radius 3 is 2.58 bits per heavy atom. The normalized spacial score (nSPS) is 17.4. The molecule has 19 heavy (non-hydrogen) atoms. The Kier molecular flexibility index (Phi) is 11.7. The van der Waals surface area contributed by atoms with Crippen molar-refractivity contribution < 1.29 is 9.47 Å². The van der Waals surface area contributed by atoms with Crippen LogP contribution in [0.15, 0.2) is 4.99 Å². The fourth-order valence-electron chi connectivity index (χ4n) is 1.94. The van der Waals surface area contributed by atoms with Crippen LogP contribution in [0.25, 0.3) is 0 Å². The average molecular weight is 385 g/mol. The zero-order chi connectivity index (χ0) is 13.2. The summed E-state index contributed by atoms with van der Waals surface area (Å²) in [5.41, 5.74) is 5.97. The highest BCUT2D eigenvalue weighted by Crippen LogP contribution is 2.15. The summed E-state index contributed by atoms with van der Waals surface area (Å²) in [7, 11) is 1.67. The van der Waals surface area contributed by atoms with Crippen molar-refractivity contribution in [2.75, 3.05) is 46.6 Å². The van der Waals surface area contributed by atoms with Crippen LogP contribution in [0.1, 0.15) is 26.2 Å². The molecule has 0 spiro atoms. The van der Waals surface area contributed by atoms with E-state index in [-0.39, 0.29) is 24.0 Å². The minimum Gasteiger partial charge on any atom is -0.382 e. The summed E-state index contributed by atoms with van der Waals surface area (Å²) in [4.78, 5) is 6.59. The predicted octanol–water partition coefficient (Wildman–Crippen LogP) is 1.70. The van der Waals surface area contributed by atoms with Crippen LogP contribution >= 0.6 is 24.0 Å². The maximum absolute atomic E-state index is 5.97. The molecule has 1 aliphatic heterocycles. The molecular weight excluding hydrogens is 357 g/mol. The first-order valence-corrected chi connectivity index (χ1v) is 6.85. The van der Waals surface area contributed by atoms with Gasteiger partial charge in [0.2, 0.25) is 0 Å². The molecule has 0 aliphatic carbocycles. The number of likely N-dealkylation sites (tertiary alicyclic amines) is 1. The van der Waals surface area contributed by atoms with Crippen LogP contribution in [-0.4, -0.2) is 57.4 Å². The Labute approximate surface area is 133 Å². The lowest BCUT2D eigenvalue weighted by Gasteiger charge is -2.31. The van der Waals surface area contributed by atoms with Crippen molar-refractivity contribution in [3.05, 3.63) is 0 Å². The lowest BCUT2D eigenvalue weighted by atomic mass is 10.00. The van der Waals surface area contributed by atoms with E-state index in [1.807, 2.05) is 0 Å². The number of halogens is 1. The molecule has 114 valence electrons. The lowest BCUT2D eigenvalue weighted by Crippen LogP contribution is -2.42. The SMILES string of the molecule is COCCOCCCN=C(N)N1CCC(C)CC1.I. The third-order valence-electron chi connectivity index (χ3n) is 3.26. The molecule has 1 saturated heterocycles. The Morgan fingerprint density at radius 2 is 1.95 bits per heavy atom. The van der Waals surface area contributed by atoms with Gasteiger partial charge in [0.15, 0.2) is 5.96 Å². The molecule has 5 nitrogen and oxygen atoms in total. The van der Waals surface area contributed by atoms with Gasteiger partial charge in [-0.2, -0.15) is 0 Å². The van der Waals surface area contributed by atoms with Gasteiger partial charge in [-0.1, -0.05) is 6.92 Å². The van der Waals surface area contributed by atoms with E-state index < -0.39 is 0 Å². The number of methoxy groups -OCH3 is 1. The van der Waals surface area contributed by atoms with Gasteiger partial charge >= 0.3 is 0 Å². The van der Waals surface area contributed by atoms with E-state index in [0.717, 1.165) is 38.6 Å². The number of hydrogen-bond acceptors (Lipinski definition) is 3. The minimum absolute atomic E-state index is 0. The number of hydrogen-bond donors (Lipinski definition) is 1. The first-order valence-electron chi connectivity index (χ1n) is 6.85. The van der Waals surface area contributed by atoms with E-state index in [1.165, 1.54) is 12.8 Å². The van der Waals surface area contributed by atoms with Crippen molar-refractivity contribution in [2.45, 2.75) is 26.2 Å². The highest BCUT2D eigenvalue weighted by atomic mass is 127. The number of rotatable bonds is 7. The largest absolute Gasteiger partial charge is 0.382 e. The molecule has 0 aromatic heterocycles. The van der Waals surface area contributed by atoms with Gasteiger partial charge in [0, 0.05) is 33.4 Å². The van der Waals surface area contributed by atoms with Gasteiger partial charge in [-0.05, 0) is 25.2 Å². The standard InChI is InChI=1S/C13H27N3O2.HI/c1-12-4-7-16(8-5-12)13(14)15-6-3-9-18-11-10-17-2;/h12H,3-11H2,1-2H3,(H2,14,15);1H. The molecule has 0 aromatic carbocycles. The zero-order valence-corrected chi connectivity index (χ0v) is 14.5. The summed E-state index contributed by atoms with van der Waals surface area (Å²) >= 11 is 0. The van der Waals surface area contributed by atoms with E-state index in [4.69, 9.17) is 15.2 Å². The van der Waals surface area contributed by atoms with Crippen molar-refractivity contribution in [1.82, 2.24) is 4.90 Å². The van der Waals surface area contributed by atoms with Crippen LogP contribution in [0.4, 0.5) is 0 Å². The number of nitrogens with two attached hydrogens (primary N) is 1. The number of aliphatic imine (C=N–C) groups is 1. The summed E-state index contributed by atoms with van der Waals surface area (Å²) in [6.45, 7) is 7.14. The molecule has 0 saturated carbocycles. The number of piperidine rings is 1. The van der Waals surface area contributed by atoms with Gasteiger partial charge in [-0.15, -0.1) is 24.0 Å². The smallest absolute Gasteiger partial charge is 0.191 e. The molecule has 6 heteroatoms. The fourth-order valence-corrected chi connectivity index (χ4v) is 1.94. The van der Waals surface area contributed by atoms with Gasteiger partial charge in [0.1, 0.15) is 0 Å². The quantitative estimate of drug-likeness (QED) is 0.314. The van der Waals surface area contributed by atoms with Crippen LogP contribution in [0, 0.1) is 5.92 Å². The number of guanidine groups is 1. The Morgan fingerprint density at radius 1 is 1.26 bits per heavy atom. The van der Waals surface area contributed by atoms with E-state index in [9.17, 15) is 0 Å².